The van der Waals surface area contributed by atoms with E-state index in [2.05, 4.69) is 48.1 Å². The fourth-order valence-electron chi connectivity index (χ4n) is 3.89. The molecule has 0 radical (unpaired) electrons. The average molecular weight is 514 g/mol. The van der Waals surface area contributed by atoms with Crippen molar-refractivity contribution >= 4 is 33.9 Å². The lowest BCUT2D eigenvalue weighted by Gasteiger charge is -2.27. The fourth-order valence-corrected chi connectivity index (χ4v) is 3.89. The van der Waals surface area contributed by atoms with Gasteiger partial charge in [-0.3, -0.25) is 0 Å². The zero-order chi connectivity index (χ0) is 27.2. The number of hydrogen-bond donors (Lipinski definition) is 3. The number of ether oxygens (including phenoxy) is 1. The van der Waals surface area contributed by atoms with E-state index in [1.807, 2.05) is 39.3 Å². The third-order valence-corrected chi connectivity index (χ3v) is 5.94. The summed E-state index contributed by atoms with van der Waals surface area (Å²) >= 11 is 0. The molecule has 0 aliphatic rings. The SMILES string of the molecule is C=CC(O)Nc1cc(Nc2nccc(-n3ncc4cc(C#N)ccc43)n2)c(OC)cc1N(C)CCN(C)C. The van der Waals surface area contributed by atoms with E-state index in [-0.39, 0.29) is 0 Å². The maximum Gasteiger partial charge on any atom is 0.229 e. The molecule has 4 aromatic rings. The van der Waals surface area contributed by atoms with Gasteiger partial charge in [-0.2, -0.15) is 15.3 Å². The molecule has 196 valence electrons. The van der Waals surface area contributed by atoms with Crippen molar-refractivity contribution in [2.75, 3.05) is 56.9 Å². The third-order valence-electron chi connectivity index (χ3n) is 5.94. The molecule has 1 unspecified atom stereocenters. The van der Waals surface area contributed by atoms with Gasteiger partial charge >= 0.3 is 0 Å². The molecule has 0 aliphatic heterocycles. The monoisotopic (exact) mass is 513 g/mol. The molecule has 2 aromatic carbocycles. The molecular weight excluding hydrogens is 482 g/mol. The van der Waals surface area contributed by atoms with Gasteiger partial charge in [0, 0.05) is 43.9 Å². The second-order valence-corrected chi connectivity index (χ2v) is 8.92. The van der Waals surface area contributed by atoms with Crippen LogP contribution in [0.1, 0.15) is 5.56 Å². The molecule has 2 aromatic heterocycles. The zero-order valence-corrected chi connectivity index (χ0v) is 21.9. The largest absolute Gasteiger partial charge is 0.494 e. The Hall–Kier alpha value is -4.66. The molecule has 2 heterocycles. The van der Waals surface area contributed by atoms with E-state index in [9.17, 15) is 10.4 Å². The summed E-state index contributed by atoms with van der Waals surface area (Å²) in [5.74, 6) is 1.47. The van der Waals surface area contributed by atoms with E-state index in [1.54, 1.807) is 42.4 Å². The first kappa shape index (κ1) is 26.4. The van der Waals surface area contributed by atoms with E-state index in [4.69, 9.17) is 4.74 Å². The Morgan fingerprint density at radius 2 is 2.00 bits per heavy atom. The second-order valence-electron chi connectivity index (χ2n) is 8.92. The molecule has 0 fully saturated rings. The van der Waals surface area contributed by atoms with Crippen LogP contribution in [0.5, 0.6) is 5.75 Å². The molecule has 4 rings (SSSR count). The minimum Gasteiger partial charge on any atom is -0.494 e. The lowest BCUT2D eigenvalue weighted by molar-refractivity contribution is 0.253. The molecule has 11 heteroatoms. The van der Waals surface area contributed by atoms with E-state index in [0.29, 0.717) is 34.5 Å². The number of aliphatic hydroxyl groups is 1. The number of nitrogens with one attached hydrogen (secondary N) is 2. The molecule has 0 saturated heterocycles. The Bertz CT molecular complexity index is 1480. The van der Waals surface area contributed by atoms with Crippen molar-refractivity contribution < 1.29 is 9.84 Å². The zero-order valence-electron chi connectivity index (χ0n) is 21.9. The van der Waals surface area contributed by atoms with Crippen molar-refractivity contribution in [1.82, 2.24) is 24.6 Å². The lowest BCUT2D eigenvalue weighted by atomic mass is 10.2. The normalized spacial score (nSPS) is 11.7. The van der Waals surface area contributed by atoms with Gasteiger partial charge in [0.25, 0.3) is 0 Å². The highest BCUT2D eigenvalue weighted by atomic mass is 16.5. The van der Waals surface area contributed by atoms with E-state index in [0.717, 1.165) is 29.7 Å². The van der Waals surface area contributed by atoms with Crippen molar-refractivity contribution in [3.8, 4) is 17.6 Å². The van der Waals surface area contributed by atoms with E-state index >= 15 is 0 Å². The summed E-state index contributed by atoms with van der Waals surface area (Å²) in [6.45, 7) is 5.28. The molecule has 0 saturated carbocycles. The summed E-state index contributed by atoms with van der Waals surface area (Å²) in [6.07, 6.45) is 3.81. The molecule has 0 spiro atoms. The maximum absolute atomic E-state index is 10.2. The molecule has 0 aliphatic carbocycles. The first-order valence-corrected chi connectivity index (χ1v) is 12.0. The van der Waals surface area contributed by atoms with Crippen LogP contribution in [0.3, 0.4) is 0 Å². The summed E-state index contributed by atoms with van der Waals surface area (Å²) in [7, 11) is 7.62. The average Bonchev–Trinajstić information content (AvgIpc) is 3.35. The molecular formula is C27H31N9O2. The van der Waals surface area contributed by atoms with Gasteiger partial charge in [0.1, 0.15) is 12.0 Å². The number of rotatable bonds is 11. The summed E-state index contributed by atoms with van der Waals surface area (Å²) < 4.78 is 7.38. The number of methoxy groups -OCH3 is 1. The number of fused-ring (bicyclic) bond motifs is 1. The number of nitrogens with zero attached hydrogens (tertiary/aromatic N) is 7. The third kappa shape index (κ3) is 5.83. The van der Waals surface area contributed by atoms with Gasteiger partial charge in [0.2, 0.25) is 5.95 Å². The van der Waals surface area contributed by atoms with Gasteiger partial charge < -0.3 is 30.3 Å². The molecule has 38 heavy (non-hydrogen) atoms. The number of aliphatic hydroxyl groups excluding tert-OH is 1. The quantitative estimate of drug-likeness (QED) is 0.203. The van der Waals surface area contributed by atoms with Crippen molar-refractivity contribution in [1.29, 1.82) is 5.26 Å². The summed E-state index contributed by atoms with van der Waals surface area (Å²) in [6, 6.07) is 13.0. The van der Waals surface area contributed by atoms with Crippen LogP contribution in [0.2, 0.25) is 0 Å². The predicted molar refractivity (Wildman–Crippen MR) is 149 cm³/mol. The van der Waals surface area contributed by atoms with Crippen LogP contribution >= 0.6 is 0 Å². The number of aromatic nitrogens is 4. The van der Waals surface area contributed by atoms with Gasteiger partial charge in [-0.1, -0.05) is 6.58 Å². The van der Waals surface area contributed by atoms with Crippen LogP contribution in [-0.4, -0.2) is 77.3 Å². The Kier molecular flexibility index (Phi) is 8.06. The predicted octanol–water partition coefficient (Wildman–Crippen LogP) is 3.35. The van der Waals surface area contributed by atoms with Crippen molar-refractivity contribution in [3.63, 3.8) is 0 Å². The van der Waals surface area contributed by atoms with Crippen LogP contribution in [0.25, 0.3) is 16.7 Å². The lowest BCUT2D eigenvalue weighted by Crippen LogP contribution is -2.29. The maximum atomic E-state index is 10.2. The molecule has 11 nitrogen and oxygen atoms in total. The van der Waals surface area contributed by atoms with Crippen molar-refractivity contribution in [3.05, 3.63) is 67.0 Å². The number of likely N-dealkylation sites (N-methyl/N-ethyl adjacent to an activating group) is 2. The van der Waals surface area contributed by atoms with Crippen LogP contribution in [0.4, 0.5) is 23.0 Å². The molecule has 0 amide bonds. The Morgan fingerprint density at radius 3 is 2.71 bits per heavy atom. The number of benzene rings is 2. The summed E-state index contributed by atoms with van der Waals surface area (Å²) in [4.78, 5) is 13.2. The first-order valence-electron chi connectivity index (χ1n) is 12.0. The standard InChI is InChI=1S/C27H31N9O2/c1-6-26(37)31-20-14-21(24(38-5)15-23(20)35(4)12-11-34(2)3)32-27-29-10-9-25(33-27)36-22-8-7-18(16-28)13-19(22)17-30-36/h6-10,13-15,17,26,31,37H,1,11-12H2,2-5H3,(H,29,32,33). The molecule has 3 N–H and O–H groups in total. The fraction of sp³-hybridized carbons (Fsp3) is 0.259. The minimum atomic E-state index is -0.938. The minimum absolute atomic E-state index is 0.335. The van der Waals surface area contributed by atoms with Gasteiger partial charge in [0.05, 0.1) is 47.5 Å². The second kappa shape index (κ2) is 11.6. The van der Waals surface area contributed by atoms with Gasteiger partial charge in [0.15, 0.2) is 5.82 Å². The number of anilines is 4. The van der Waals surface area contributed by atoms with E-state index < -0.39 is 6.23 Å². The van der Waals surface area contributed by atoms with Crippen LogP contribution in [-0.2, 0) is 0 Å². The molecule has 1 atom stereocenters. The Labute approximate surface area is 221 Å². The summed E-state index contributed by atoms with van der Waals surface area (Å²) in [5, 5.41) is 31.0. The van der Waals surface area contributed by atoms with Crippen molar-refractivity contribution in [2.24, 2.45) is 0 Å². The number of nitriles is 1. The van der Waals surface area contributed by atoms with E-state index in [1.165, 1.54) is 6.08 Å². The summed E-state index contributed by atoms with van der Waals surface area (Å²) in [5.41, 5.74) is 3.53. The van der Waals surface area contributed by atoms with Gasteiger partial charge in [-0.15, -0.1) is 0 Å². The topological polar surface area (TPSA) is 127 Å². The smallest absolute Gasteiger partial charge is 0.229 e. The van der Waals surface area contributed by atoms with Crippen LogP contribution in [0.15, 0.2) is 61.4 Å². The Balaban J connectivity index is 1.69. The Morgan fingerprint density at radius 1 is 1.18 bits per heavy atom. The van der Waals surface area contributed by atoms with Crippen molar-refractivity contribution in [2.45, 2.75) is 6.23 Å². The first-order chi connectivity index (χ1) is 18.3. The van der Waals surface area contributed by atoms with Gasteiger partial charge in [-0.05, 0) is 44.4 Å². The highest BCUT2D eigenvalue weighted by molar-refractivity contribution is 5.82. The highest BCUT2D eigenvalue weighted by Crippen LogP contribution is 2.38. The van der Waals surface area contributed by atoms with Crippen LogP contribution in [0, 0.1) is 11.3 Å². The van der Waals surface area contributed by atoms with Crippen LogP contribution < -0.4 is 20.3 Å². The number of hydrogen-bond acceptors (Lipinski definition) is 10. The highest BCUT2D eigenvalue weighted by Gasteiger charge is 2.17. The molecule has 0 bridgehead atoms. The van der Waals surface area contributed by atoms with Gasteiger partial charge in [-0.25, -0.2) is 9.67 Å².